The predicted octanol–water partition coefficient (Wildman–Crippen LogP) is 21.3. The highest BCUT2D eigenvalue weighted by Gasteiger charge is 2.21. The molecular formula is C74H55N5. The molecule has 0 saturated heterocycles. The van der Waals surface area contributed by atoms with E-state index in [2.05, 4.69) is 358 Å². The molecule has 0 amide bonds. The molecule has 5 heteroatoms. The predicted molar refractivity (Wildman–Crippen MR) is 335 cm³/mol. The molecule has 5 nitrogen and oxygen atoms in total. The molecule has 0 unspecified atom stereocenters. The Balaban J connectivity index is 0.829. The fraction of sp³-hybridized carbons (Fsp3) is 0. The Kier molecular flexibility index (Phi) is 13.3. The SMILES string of the molecule is c1ccc(N(c2ccc(N(c3ccccc3)c3ccc(N(c4ccccc4)c4cccc5ccccc45)cc3)cc2)c2ccc(N(c3ccccc3)c3ccc(N(c4ccccc4)c4cccc5ccccc45)cc3)cc2)cc1. The highest BCUT2D eigenvalue weighted by atomic mass is 15.2. The number of fused-ring (bicyclic) bond motifs is 2. The highest BCUT2D eigenvalue weighted by Crippen LogP contribution is 2.45. The number of para-hydroxylation sites is 5. The van der Waals surface area contributed by atoms with Crippen LogP contribution in [-0.2, 0) is 0 Å². The lowest BCUT2D eigenvalue weighted by Crippen LogP contribution is -2.14. The van der Waals surface area contributed by atoms with Gasteiger partial charge in [0.25, 0.3) is 0 Å². The first-order valence-electron chi connectivity index (χ1n) is 26.8. The van der Waals surface area contributed by atoms with E-state index in [0.29, 0.717) is 0 Å². The Morgan fingerprint density at radius 1 is 0.127 bits per heavy atom. The lowest BCUT2D eigenvalue weighted by molar-refractivity contribution is 1.24. The van der Waals surface area contributed by atoms with E-state index in [0.717, 1.165) is 85.3 Å². The summed E-state index contributed by atoms with van der Waals surface area (Å²) in [5.41, 5.74) is 16.1. The van der Waals surface area contributed by atoms with Crippen molar-refractivity contribution in [3.05, 3.63) is 334 Å². The monoisotopic (exact) mass is 1010 g/mol. The molecule has 0 spiro atoms. The van der Waals surface area contributed by atoms with Crippen LogP contribution in [-0.4, -0.2) is 0 Å². The third kappa shape index (κ3) is 9.81. The molecule has 0 aliphatic heterocycles. The molecule has 0 aliphatic carbocycles. The first-order valence-corrected chi connectivity index (χ1v) is 26.8. The Morgan fingerprint density at radius 3 is 0.557 bits per heavy atom. The molecule has 0 fully saturated rings. The number of benzene rings is 13. The molecule has 13 rings (SSSR count). The van der Waals surface area contributed by atoms with E-state index in [1.54, 1.807) is 0 Å². The number of hydrogen-bond donors (Lipinski definition) is 0. The second-order valence-electron chi connectivity index (χ2n) is 19.4. The fourth-order valence-electron chi connectivity index (χ4n) is 10.9. The van der Waals surface area contributed by atoms with Crippen molar-refractivity contribution in [1.82, 2.24) is 0 Å². The summed E-state index contributed by atoms with van der Waals surface area (Å²) in [7, 11) is 0. The molecule has 0 atom stereocenters. The molecule has 0 N–H and O–H groups in total. The summed E-state index contributed by atoms with van der Waals surface area (Å²) in [6.07, 6.45) is 0. The van der Waals surface area contributed by atoms with Crippen molar-refractivity contribution in [2.45, 2.75) is 0 Å². The first kappa shape index (κ1) is 48.1. The Morgan fingerprint density at radius 2 is 0.304 bits per heavy atom. The van der Waals surface area contributed by atoms with Gasteiger partial charge in [-0.1, -0.05) is 164 Å². The molecule has 0 aliphatic rings. The minimum atomic E-state index is 1.05. The maximum atomic E-state index is 2.35. The van der Waals surface area contributed by atoms with Crippen molar-refractivity contribution in [3.8, 4) is 0 Å². The Hall–Kier alpha value is -10.6. The molecule has 376 valence electrons. The van der Waals surface area contributed by atoms with Gasteiger partial charge in [0.05, 0.1) is 11.4 Å². The number of hydrogen-bond acceptors (Lipinski definition) is 5. The van der Waals surface area contributed by atoms with E-state index in [4.69, 9.17) is 0 Å². The molecule has 0 bridgehead atoms. The van der Waals surface area contributed by atoms with E-state index in [1.807, 2.05) is 0 Å². The third-order valence-corrected chi connectivity index (χ3v) is 14.6. The summed E-state index contributed by atoms with van der Waals surface area (Å²) in [6, 6.07) is 119. The maximum Gasteiger partial charge on any atom is 0.0540 e. The standard InChI is InChI=1S/C74H55N5/c1-6-26-58(27-7-1)75(63-40-44-65(45-41-63)76(59-28-8-2-9-29-59)67-48-52-69(53-49-67)78(61-32-12-4-13-33-61)73-38-20-24-56-22-16-18-36-71(56)73)64-42-46-66(47-43-64)77(60-30-10-3-11-31-60)68-50-54-70(55-51-68)79(62-34-14-5-15-35-62)74-39-21-25-57-23-17-19-37-72(57)74/h1-55H. The zero-order chi connectivity index (χ0) is 52.7. The van der Waals surface area contributed by atoms with Gasteiger partial charge in [0.2, 0.25) is 0 Å². The molecular weight excluding hydrogens is 959 g/mol. The molecule has 13 aromatic rings. The zero-order valence-electron chi connectivity index (χ0n) is 43.5. The topological polar surface area (TPSA) is 16.2 Å². The zero-order valence-corrected chi connectivity index (χ0v) is 43.5. The van der Waals surface area contributed by atoms with Gasteiger partial charge in [-0.05, 0) is 181 Å². The normalized spacial score (nSPS) is 11.0. The van der Waals surface area contributed by atoms with E-state index in [1.165, 1.54) is 21.5 Å². The summed E-state index contributed by atoms with van der Waals surface area (Å²) >= 11 is 0. The van der Waals surface area contributed by atoms with Crippen LogP contribution in [0, 0.1) is 0 Å². The van der Waals surface area contributed by atoms with Gasteiger partial charge in [-0.25, -0.2) is 0 Å². The van der Waals surface area contributed by atoms with Crippen LogP contribution >= 0.6 is 0 Å². The molecule has 0 radical (unpaired) electrons. The third-order valence-electron chi connectivity index (χ3n) is 14.6. The van der Waals surface area contributed by atoms with Crippen LogP contribution in [0.2, 0.25) is 0 Å². The molecule has 0 aromatic heterocycles. The van der Waals surface area contributed by atoms with Crippen molar-refractivity contribution in [3.63, 3.8) is 0 Å². The number of nitrogens with zero attached hydrogens (tertiary/aromatic N) is 5. The van der Waals surface area contributed by atoms with Crippen LogP contribution in [0.1, 0.15) is 0 Å². The van der Waals surface area contributed by atoms with Crippen LogP contribution in [0.15, 0.2) is 334 Å². The smallest absolute Gasteiger partial charge is 0.0540 e. The highest BCUT2D eigenvalue weighted by molar-refractivity contribution is 6.00. The molecule has 79 heavy (non-hydrogen) atoms. The van der Waals surface area contributed by atoms with Crippen molar-refractivity contribution in [1.29, 1.82) is 0 Å². The summed E-state index contributed by atoms with van der Waals surface area (Å²) in [4.78, 5) is 11.7. The fourth-order valence-corrected chi connectivity index (χ4v) is 10.9. The van der Waals surface area contributed by atoms with Gasteiger partial charge in [-0.3, -0.25) is 0 Å². The van der Waals surface area contributed by atoms with Crippen LogP contribution in [0.25, 0.3) is 21.5 Å². The Bertz CT molecular complexity index is 3840. The quantitative estimate of drug-likeness (QED) is 0.101. The van der Waals surface area contributed by atoms with Gasteiger partial charge in [0.1, 0.15) is 0 Å². The van der Waals surface area contributed by atoms with Crippen LogP contribution in [0.5, 0.6) is 0 Å². The molecule has 0 heterocycles. The second kappa shape index (κ2) is 21.9. The van der Waals surface area contributed by atoms with Gasteiger partial charge in [-0.15, -0.1) is 0 Å². The average Bonchev–Trinajstić information content (AvgIpc) is 3.57. The summed E-state index contributed by atoms with van der Waals surface area (Å²) in [5, 5.41) is 4.81. The lowest BCUT2D eigenvalue weighted by Gasteiger charge is -2.30. The largest absolute Gasteiger partial charge is 0.311 e. The van der Waals surface area contributed by atoms with Crippen LogP contribution in [0.4, 0.5) is 85.3 Å². The summed E-state index contributed by atoms with van der Waals surface area (Å²) in [6.45, 7) is 0. The summed E-state index contributed by atoms with van der Waals surface area (Å²) in [5.74, 6) is 0. The number of rotatable bonds is 15. The van der Waals surface area contributed by atoms with Gasteiger partial charge >= 0.3 is 0 Å². The van der Waals surface area contributed by atoms with Crippen LogP contribution < -0.4 is 24.5 Å². The lowest BCUT2D eigenvalue weighted by atomic mass is 10.1. The minimum absolute atomic E-state index is 1.05. The second-order valence-corrected chi connectivity index (χ2v) is 19.4. The molecule has 0 saturated carbocycles. The van der Waals surface area contributed by atoms with Crippen molar-refractivity contribution in [2.24, 2.45) is 0 Å². The van der Waals surface area contributed by atoms with E-state index < -0.39 is 0 Å². The van der Waals surface area contributed by atoms with Gasteiger partial charge in [0, 0.05) is 84.7 Å². The van der Waals surface area contributed by atoms with Crippen molar-refractivity contribution >= 4 is 107 Å². The van der Waals surface area contributed by atoms with Crippen molar-refractivity contribution in [2.75, 3.05) is 24.5 Å². The number of anilines is 15. The molecule has 13 aromatic carbocycles. The van der Waals surface area contributed by atoms with Gasteiger partial charge < -0.3 is 24.5 Å². The van der Waals surface area contributed by atoms with E-state index >= 15 is 0 Å². The van der Waals surface area contributed by atoms with Crippen molar-refractivity contribution < 1.29 is 0 Å². The van der Waals surface area contributed by atoms with Crippen LogP contribution in [0.3, 0.4) is 0 Å². The average molecular weight is 1010 g/mol. The van der Waals surface area contributed by atoms with Gasteiger partial charge in [0.15, 0.2) is 0 Å². The Labute approximate surface area is 462 Å². The summed E-state index contributed by atoms with van der Waals surface area (Å²) < 4.78 is 0. The van der Waals surface area contributed by atoms with E-state index in [-0.39, 0.29) is 0 Å². The van der Waals surface area contributed by atoms with Gasteiger partial charge in [-0.2, -0.15) is 0 Å². The van der Waals surface area contributed by atoms with E-state index in [9.17, 15) is 0 Å². The maximum absolute atomic E-state index is 2.35. The minimum Gasteiger partial charge on any atom is -0.311 e. The first-order chi connectivity index (χ1) is 39.2.